The van der Waals surface area contributed by atoms with Crippen LogP contribution < -0.4 is 15.1 Å². The highest BCUT2D eigenvalue weighted by atomic mass is 16.2. The summed E-state index contributed by atoms with van der Waals surface area (Å²) in [5, 5.41) is 3.17. The van der Waals surface area contributed by atoms with E-state index in [1.807, 2.05) is 23.1 Å². The van der Waals surface area contributed by atoms with E-state index in [-0.39, 0.29) is 42.0 Å². The fourth-order valence-electron chi connectivity index (χ4n) is 5.36. The number of carbonyl (C=O) groups is 3. The number of hydrogen-bond donors (Lipinski definition) is 1. The van der Waals surface area contributed by atoms with E-state index >= 15 is 0 Å². The molecule has 0 radical (unpaired) electrons. The Hall–Kier alpha value is -2.37. The lowest BCUT2D eigenvalue weighted by atomic mass is 9.84. The van der Waals surface area contributed by atoms with Gasteiger partial charge in [0.1, 0.15) is 0 Å². The van der Waals surface area contributed by atoms with Crippen LogP contribution in [0.2, 0.25) is 0 Å². The van der Waals surface area contributed by atoms with E-state index in [2.05, 4.69) is 5.32 Å². The maximum atomic E-state index is 12.7. The normalized spacial score (nSPS) is 24.7. The van der Waals surface area contributed by atoms with Gasteiger partial charge in [0, 0.05) is 42.8 Å². The summed E-state index contributed by atoms with van der Waals surface area (Å²) >= 11 is 0. The van der Waals surface area contributed by atoms with E-state index in [0.717, 1.165) is 62.0 Å². The van der Waals surface area contributed by atoms with E-state index in [9.17, 15) is 14.4 Å². The van der Waals surface area contributed by atoms with Crippen LogP contribution in [0.15, 0.2) is 18.2 Å². The van der Waals surface area contributed by atoms with Gasteiger partial charge in [0.05, 0.1) is 5.92 Å². The summed E-state index contributed by atoms with van der Waals surface area (Å²) in [6.07, 6.45) is 9.99. The summed E-state index contributed by atoms with van der Waals surface area (Å²) in [6, 6.07) is 6.24. The third-order valence-electron chi connectivity index (χ3n) is 7.44. The molecule has 3 amide bonds. The fourth-order valence-corrected chi connectivity index (χ4v) is 5.36. The van der Waals surface area contributed by atoms with Crippen molar-refractivity contribution in [3.8, 4) is 0 Å². The average molecular weight is 410 g/mol. The van der Waals surface area contributed by atoms with E-state index in [4.69, 9.17) is 0 Å². The van der Waals surface area contributed by atoms with Crippen LogP contribution in [0.5, 0.6) is 0 Å². The summed E-state index contributed by atoms with van der Waals surface area (Å²) in [6.45, 7) is 1.18. The van der Waals surface area contributed by atoms with E-state index < -0.39 is 0 Å². The van der Waals surface area contributed by atoms with Gasteiger partial charge in [-0.15, -0.1) is 0 Å². The van der Waals surface area contributed by atoms with Crippen molar-refractivity contribution in [2.24, 2.45) is 11.8 Å². The summed E-state index contributed by atoms with van der Waals surface area (Å²) < 4.78 is 0. The predicted octanol–water partition coefficient (Wildman–Crippen LogP) is 3.18. The van der Waals surface area contributed by atoms with Gasteiger partial charge < -0.3 is 15.1 Å². The number of rotatable bonds is 4. The van der Waals surface area contributed by atoms with Crippen LogP contribution in [0.4, 0.5) is 11.4 Å². The molecule has 2 aliphatic heterocycles. The minimum Gasteiger partial charge on any atom is -0.353 e. The van der Waals surface area contributed by atoms with Gasteiger partial charge in [-0.25, -0.2) is 0 Å². The molecule has 160 valence electrons. The second-order valence-corrected chi connectivity index (χ2v) is 9.43. The van der Waals surface area contributed by atoms with Crippen LogP contribution in [0.3, 0.4) is 0 Å². The molecule has 5 rings (SSSR count). The highest BCUT2D eigenvalue weighted by Crippen LogP contribution is 2.37. The molecule has 1 atom stereocenters. The van der Waals surface area contributed by atoms with Crippen molar-refractivity contribution < 1.29 is 14.4 Å². The zero-order chi connectivity index (χ0) is 20.7. The van der Waals surface area contributed by atoms with Crippen LogP contribution in [0.25, 0.3) is 0 Å². The first-order chi connectivity index (χ1) is 14.6. The summed E-state index contributed by atoms with van der Waals surface area (Å²) in [5.74, 6) is 0.211. The zero-order valence-corrected chi connectivity index (χ0v) is 17.6. The Kier molecular flexibility index (Phi) is 5.25. The molecule has 6 nitrogen and oxygen atoms in total. The Morgan fingerprint density at radius 2 is 1.77 bits per heavy atom. The van der Waals surface area contributed by atoms with Crippen LogP contribution in [-0.2, 0) is 20.8 Å². The molecule has 30 heavy (non-hydrogen) atoms. The third kappa shape index (κ3) is 3.61. The molecule has 3 fully saturated rings. The van der Waals surface area contributed by atoms with Crippen molar-refractivity contribution >= 4 is 29.1 Å². The van der Waals surface area contributed by atoms with Crippen molar-refractivity contribution in [1.82, 2.24) is 5.32 Å². The molecule has 4 aliphatic rings. The molecule has 0 bridgehead atoms. The second-order valence-electron chi connectivity index (χ2n) is 9.43. The maximum absolute atomic E-state index is 12.7. The fraction of sp³-hybridized carbons (Fsp3) is 0.625. The van der Waals surface area contributed by atoms with Crippen molar-refractivity contribution in [3.63, 3.8) is 0 Å². The Bertz CT molecular complexity index is 857. The Labute approximate surface area is 178 Å². The molecular weight excluding hydrogens is 378 g/mol. The zero-order valence-electron chi connectivity index (χ0n) is 17.6. The van der Waals surface area contributed by atoms with Crippen molar-refractivity contribution in [2.75, 3.05) is 22.9 Å². The molecule has 2 aliphatic carbocycles. The minimum absolute atomic E-state index is 0.0131. The van der Waals surface area contributed by atoms with Crippen LogP contribution >= 0.6 is 0 Å². The third-order valence-corrected chi connectivity index (χ3v) is 7.44. The Morgan fingerprint density at radius 3 is 2.50 bits per heavy atom. The first kappa shape index (κ1) is 19.6. The molecule has 1 N–H and O–H groups in total. The lowest BCUT2D eigenvalue weighted by Gasteiger charge is -2.29. The van der Waals surface area contributed by atoms with Gasteiger partial charge in [0.15, 0.2) is 0 Å². The van der Waals surface area contributed by atoms with Crippen LogP contribution in [-0.4, -0.2) is 36.9 Å². The largest absolute Gasteiger partial charge is 0.353 e. The van der Waals surface area contributed by atoms with Gasteiger partial charge in [-0.05, 0) is 55.9 Å². The standard InChI is InChI=1S/C24H31N3O3/c28-22-14-18(23(29)25-19-7-2-1-3-8-19)15-27(22)20-9-10-21-17(13-20)11-12-26(21)24(30)16-5-4-6-16/h9-10,13,16,18-19H,1-8,11-12,14-15H2,(H,25,29). The first-order valence-corrected chi connectivity index (χ1v) is 11.6. The van der Waals surface area contributed by atoms with Crippen LogP contribution in [0, 0.1) is 11.8 Å². The second kappa shape index (κ2) is 8.05. The van der Waals surface area contributed by atoms with Gasteiger partial charge in [-0.1, -0.05) is 25.7 Å². The van der Waals surface area contributed by atoms with Crippen molar-refractivity contribution in [2.45, 2.75) is 70.3 Å². The quantitative estimate of drug-likeness (QED) is 0.830. The van der Waals surface area contributed by atoms with Crippen LogP contribution in [0.1, 0.15) is 63.4 Å². The summed E-state index contributed by atoms with van der Waals surface area (Å²) in [7, 11) is 0. The van der Waals surface area contributed by atoms with Gasteiger partial charge in [-0.2, -0.15) is 0 Å². The van der Waals surface area contributed by atoms with Crippen molar-refractivity contribution in [3.05, 3.63) is 23.8 Å². The molecule has 1 saturated heterocycles. The Morgan fingerprint density at radius 1 is 0.967 bits per heavy atom. The number of benzene rings is 1. The number of nitrogens with zero attached hydrogens (tertiary/aromatic N) is 2. The number of anilines is 2. The Balaban J connectivity index is 1.25. The van der Waals surface area contributed by atoms with Gasteiger partial charge in [-0.3, -0.25) is 14.4 Å². The molecule has 1 aromatic rings. The summed E-state index contributed by atoms with van der Waals surface area (Å²) in [5.41, 5.74) is 2.97. The van der Waals surface area contributed by atoms with Gasteiger partial charge >= 0.3 is 0 Å². The highest BCUT2D eigenvalue weighted by Gasteiger charge is 2.37. The lowest BCUT2D eigenvalue weighted by Crippen LogP contribution is -2.40. The monoisotopic (exact) mass is 409 g/mol. The topological polar surface area (TPSA) is 69.7 Å². The predicted molar refractivity (Wildman–Crippen MR) is 115 cm³/mol. The molecule has 2 saturated carbocycles. The van der Waals surface area contributed by atoms with E-state index in [1.54, 1.807) is 4.90 Å². The molecule has 2 heterocycles. The number of hydrogen-bond acceptors (Lipinski definition) is 3. The number of nitrogens with one attached hydrogen (secondary N) is 1. The first-order valence-electron chi connectivity index (χ1n) is 11.6. The SMILES string of the molecule is O=C(NC1CCCCC1)C1CC(=O)N(c2ccc3c(c2)CCN3C(=O)C2CCC2)C1. The number of amides is 3. The van der Waals surface area contributed by atoms with E-state index in [0.29, 0.717) is 6.54 Å². The molecule has 0 aromatic heterocycles. The maximum Gasteiger partial charge on any atom is 0.230 e. The van der Waals surface area contributed by atoms with Gasteiger partial charge in [0.25, 0.3) is 0 Å². The molecule has 6 heteroatoms. The number of carbonyl (C=O) groups excluding carboxylic acids is 3. The summed E-state index contributed by atoms with van der Waals surface area (Å²) in [4.78, 5) is 41.7. The van der Waals surface area contributed by atoms with E-state index in [1.165, 1.54) is 19.3 Å². The van der Waals surface area contributed by atoms with Gasteiger partial charge in [0.2, 0.25) is 17.7 Å². The molecule has 1 aromatic carbocycles. The molecule has 1 unspecified atom stereocenters. The smallest absolute Gasteiger partial charge is 0.230 e. The minimum atomic E-state index is -0.274. The molecular formula is C24H31N3O3. The van der Waals surface area contributed by atoms with Crippen molar-refractivity contribution in [1.29, 1.82) is 0 Å². The number of fused-ring (bicyclic) bond motifs is 1. The average Bonchev–Trinajstić information content (AvgIpc) is 3.30. The lowest BCUT2D eigenvalue weighted by molar-refractivity contribution is -0.127. The highest BCUT2D eigenvalue weighted by molar-refractivity contribution is 6.01. The molecule has 0 spiro atoms.